The highest BCUT2D eigenvalue weighted by molar-refractivity contribution is 7.18. The molecular formula is C24H23ClN4O2S2. The fraction of sp³-hybridized carbons (Fsp3) is 0.292. The number of fused-ring (bicyclic) bond motifs is 1. The number of likely N-dealkylation sites (tertiary alicyclic amines) is 1. The zero-order valence-corrected chi connectivity index (χ0v) is 20.3. The molecule has 1 aliphatic rings. The lowest BCUT2D eigenvalue weighted by Gasteiger charge is -2.32. The van der Waals surface area contributed by atoms with E-state index in [2.05, 4.69) is 27.3 Å². The molecule has 1 amide bonds. The number of piperidine rings is 1. The lowest BCUT2D eigenvalue weighted by molar-refractivity contribution is -0.122. The summed E-state index contributed by atoms with van der Waals surface area (Å²) in [7, 11) is 0. The van der Waals surface area contributed by atoms with E-state index in [0.717, 1.165) is 47.9 Å². The summed E-state index contributed by atoms with van der Waals surface area (Å²) in [5, 5.41) is 8.39. The first-order valence-electron chi connectivity index (χ1n) is 10.8. The number of carbonyl (C=O) groups is 1. The minimum Gasteiger partial charge on any atom is -0.352 e. The van der Waals surface area contributed by atoms with E-state index in [0.29, 0.717) is 10.2 Å². The fourth-order valence-corrected chi connectivity index (χ4v) is 6.05. The molecule has 1 aromatic carbocycles. The first-order chi connectivity index (χ1) is 16.1. The van der Waals surface area contributed by atoms with E-state index in [-0.39, 0.29) is 24.1 Å². The molecule has 0 aliphatic carbocycles. The molecule has 0 bridgehead atoms. The molecule has 170 valence electrons. The normalized spacial score (nSPS) is 15.2. The maximum atomic E-state index is 13.1. The molecule has 1 aliphatic heterocycles. The van der Waals surface area contributed by atoms with Crippen LogP contribution in [0.1, 0.15) is 18.4 Å². The van der Waals surface area contributed by atoms with Crippen LogP contribution in [-0.2, 0) is 17.9 Å². The van der Waals surface area contributed by atoms with Crippen LogP contribution in [0.5, 0.6) is 0 Å². The first kappa shape index (κ1) is 22.3. The Balaban J connectivity index is 1.19. The molecule has 1 N–H and O–H groups in total. The van der Waals surface area contributed by atoms with Crippen molar-refractivity contribution < 1.29 is 4.79 Å². The van der Waals surface area contributed by atoms with Crippen molar-refractivity contribution >= 4 is 50.4 Å². The summed E-state index contributed by atoms with van der Waals surface area (Å²) in [6, 6.07) is 12.0. The van der Waals surface area contributed by atoms with E-state index < -0.39 is 0 Å². The summed E-state index contributed by atoms with van der Waals surface area (Å²) in [6.45, 7) is 2.69. The van der Waals surface area contributed by atoms with Gasteiger partial charge in [0, 0.05) is 46.5 Å². The van der Waals surface area contributed by atoms with Crippen molar-refractivity contribution in [3.8, 4) is 10.4 Å². The van der Waals surface area contributed by atoms with Gasteiger partial charge in [0.25, 0.3) is 5.56 Å². The van der Waals surface area contributed by atoms with E-state index in [1.54, 1.807) is 11.3 Å². The van der Waals surface area contributed by atoms with Gasteiger partial charge >= 0.3 is 0 Å². The predicted octanol–water partition coefficient (Wildman–Crippen LogP) is 4.62. The Morgan fingerprint density at radius 2 is 1.94 bits per heavy atom. The summed E-state index contributed by atoms with van der Waals surface area (Å²) >= 11 is 9.01. The lowest BCUT2D eigenvalue weighted by atomic mass is 10.0. The average Bonchev–Trinajstić information content (AvgIpc) is 3.49. The number of nitrogens with one attached hydrogen (secondary N) is 1. The molecule has 1 fully saturated rings. The summed E-state index contributed by atoms with van der Waals surface area (Å²) in [4.78, 5) is 34.4. The molecular weight excluding hydrogens is 476 g/mol. The Labute approximate surface area is 204 Å². The molecule has 0 atom stereocenters. The van der Waals surface area contributed by atoms with Gasteiger partial charge in [0.1, 0.15) is 11.4 Å². The molecule has 3 aromatic heterocycles. The van der Waals surface area contributed by atoms with Crippen molar-refractivity contribution in [3.05, 3.63) is 74.4 Å². The zero-order valence-electron chi connectivity index (χ0n) is 17.9. The van der Waals surface area contributed by atoms with E-state index in [1.165, 1.54) is 27.8 Å². The van der Waals surface area contributed by atoms with Crippen LogP contribution in [0, 0.1) is 0 Å². The summed E-state index contributed by atoms with van der Waals surface area (Å²) < 4.78 is 1.41. The van der Waals surface area contributed by atoms with Crippen LogP contribution in [0.25, 0.3) is 20.7 Å². The summed E-state index contributed by atoms with van der Waals surface area (Å²) in [5.41, 5.74) is 1.96. The third-order valence-corrected chi connectivity index (χ3v) is 7.97. The number of aromatic nitrogens is 2. The summed E-state index contributed by atoms with van der Waals surface area (Å²) in [5.74, 6) is -0.151. The fourth-order valence-electron chi connectivity index (χ4n) is 4.20. The van der Waals surface area contributed by atoms with Crippen LogP contribution in [-0.4, -0.2) is 39.5 Å². The Morgan fingerprint density at radius 3 is 2.67 bits per heavy atom. The number of benzene rings is 1. The Hall–Kier alpha value is -2.52. The van der Waals surface area contributed by atoms with Crippen molar-refractivity contribution in [3.63, 3.8) is 0 Å². The van der Waals surface area contributed by atoms with Crippen LogP contribution >= 0.6 is 34.3 Å². The monoisotopic (exact) mass is 498 g/mol. The molecule has 0 radical (unpaired) electrons. The maximum Gasteiger partial charge on any atom is 0.263 e. The van der Waals surface area contributed by atoms with Crippen LogP contribution in [0.3, 0.4) is 0 Å². The molecule has 6 nitrogen and oxygen atoms in total. The van der Waals surface area contributed by atoms with Gasteiger partial charge in [-0.3, -0.25) is 19.1 Å². The van der Waals surface area contributed by atoms with Crippen molar-refractivity contribution in [1.82, 2.24) is 19.8 Å². The van der Waals surface area contributed by atoms with Crippen LogP contribution in [0.4, 0.5) is 0 Å². The smallest absolute Gasteiger partial charge is 0.263 e. The number of carbonyl (C=O) groups excluding carboxylic acids is 1. The molecule has 4 heterocycles. The maximum absolute atomic E-state index is 13.1. The largest absolute Gasteiger partial charge is 0.352 e. The molecule has 5 rings (SSSR count). The highest BCUT2D eigenvalue weighted by Crippen LogP contribution is 2.33. The van der Waals surface area contributed by atoms with Gasteiger partial charge in [-0.05, 0) is 42.0 Å². The number of rotatable bonds is 6. The number of nitrogens with zero attached hydrogens (tertiary/aromatic N) is 3. The summed E-state index contributed by atoms with van der Waals surface area (Å²) in [6.07, 6.45) is 3.25. The zero-order chi connectivity index (χ0) is 22.8. The SMILES string of the molecule is O=C(Cn1cnc2scc(-c3cccs3)c2c1=O)NC1CCN(Cc2ccc(Cl)cc2)CC1. The van der Waals surface area contributed by atoms with E-state index in [9.17, 15) is 9.59 Å². The van der Waals surface area contributed by atoms with Gasteiger partial charge in [-0.1, -0.05) is 29.8 Å². The van der Waals surface area contributed by atoms with E-state index >= 15 is 0 Å². The van der Waals surface area contributed by atoms with E-state index in [4.69, 9.17) is 11.6 Å². The number of hydrogen-bond acceptors (Lipinski definition) is 6. The van der Waals surface area contributed by atoms with E-state index in [1.807, 2.05) is 35.0 Å². The van der Waals surface area contributed by atoms with Crippen LogP contribution < -0.4 is 10.9 Å². The topological polar surface area (TPSA) is 67.2 Å². The third kappa shape index (κ3) is 5.04. The second-order valence-electron chi connectivity index (χ2n) is 8.23. The third-order valence-electron chi connectivity index (χ3n) is 5.93. The van der Waals surface area contributed by atoms with Crippen molar-refractivity contribution in [1.29, 1.82) is 0 Å². The Bertz CT molecular complexity index is 1310. The van der Waals surface area contributed by atoms with Crippen LogP contribution in [0.2, 0.25) is 5.02 Å². The second-order valence-corrected chi connectivity index (χ2v) is 10.5. The minimum absolute atomic E-state index is 0.0213. The first-order valence-corrected chi connectivity index (χ1v) is 13.0. The average molecular weight is 499 g/mol. The van der Waals surface area contributed by atoms with Crippen LogP contribution in [0.15, 0.2) is 58.3 Å². The van der Waals surface area contributed by atoms with Gasteiger partial charge < -0.3 is 5.32 Å². The molecule has 0 spiro atoms. The second kappa shape index (κ2) is 9.77. The Morgan fingerprint density at radius 1 is 1.15 bits per heavy atom. The van der Waals surface area contributed by atoms with Crippen molar-refractivity contribution in [2.75, 3.05) is 13.1 Å². The highest BCUT2D eigenvalue weighted by atomic mass is 35.5. The van der Waals surface area contributed by atoms with Crippen molar-refractivity contribution in [2.24, 2.45) is 0 Å². The number of halogens is 1. The molecule has 4 aromatic rings. The number of hydrogen-bond donors (Lipinski definition) is 1. The molecule has 1 saturated heterocycles. The Kier molecular flexibility index (Phi) is 6.59. The van der Waals surface area contributed by atoms with Gasteiger partial charge in [0.2, 0.25) is 5.91 Å². The molecule has 33 heavy (non-hydrogen) atoms. The molecule has 0 saturated carbocycles. The molecule has 0 unspecified atom stereocenters. The van der Waals surface area contributed by atoms with Crippen molar-refractivity contribution in [2.45, 2.75) is 32.0 Å². The van der Waals surface area contributed by atoms with Gasteiger partial charge in [-0.2, -0.15) is 0 Å². The van der Waals surface area contributed by atoms with Gasteiger partial charge in [0.05, 0.1) is 11.7 Å². The molecule has 9 heteroatoms. The standard InChI is InChI=1S/C24H23ClN4O2S2/c25-17-5-3-16(4-6-17)12-28-9-7-18(8-10-28)27-21(30)13-29-15-26-23-22(24(29)31)19(14-33-23)20-2-1-11-32-20/h1-6,11,14-15,18H,7-10,12-13H2,(H,27,30). The predicted molar refractivity (Wildman–Crippen MR) is 135 cm³/mol. The quantitative estimate of drug-likeness (QED) is 0.421. The number of amides is 1. The lowest BCUT2D eigenvalue weighted by Crippen LogP contribution is -2.45. The minimum atomic E-state index is -0.169. The van der Waals surface area contributed by atoms with Gasteiger partial charge in [-0.25, -0.2) is 4.98 Å². The van der Waals surface area contributed by atoms with Gasteiger partial charge in [-0.15, -0.1) is 22.7 Å². The highest BCUT2D eigenvalue weighted by Gasteiger charge is 2.21. The van der Waals surface area contributed by atoms with Gasteiger partial charge in [0.15, 0.2) is 0 Å². The number of thiophene rings is 2.